The first-order valence-electron chi connectivity index (χ1n) is 6.78. The van der Waals surface area contributed by atoms with E-state index in [-0.39, 0.29) is 17.8 Å². The Morgan fingerprint density at radius 2 is 2.16 bits per heavy atom. The maximum absolute atomic E-state index is 12.1. The van der Waals surface area contributed by atoms with Gasteiger partial charge >= 0.3 is 0 Å². The maximum atomic E-state index is 12.1. The predicted octanol–water partition coefficient (Wildman–Crippen LogP) is 2.47. The number of nitrogens with zero attached hydrogens (tertiary/aromatic N) is 1. The number of likely N-dealkylation sites (tertiary alicyclic amines) is 1. The van der Waals surface area contributed by atoms with Gasteiger partial charge in [0.1, 0.15) is 5.78 Å². The maximum Gasteiger partial charge on any atom is 0.141 e. The molecule has 0 bridgehead atoms. The highest BCUT2D eigenvalue weighted by atomic mass is 35.5. The number of ketones is 1. The van der Waals surface area contributed by atoms with Crippen LogP contribution < -0.4 is 0 Å². The van der Waals surface area contributed by atoms with Gasteiger partial charge < -0.3 is 5.11 Å². The quantitative estimate of drug-likeness (QED) is 0.901. The summed E-state index contributed by atoms with van der Waals surface area (Å²) >= 11 is 5.89. The molecule has 4 heteroatoms. The SMILES string of the molecule is CCC(=O)C(CN1CC[C@@H](O)C1)c1ccc(Cl)cc1. The smallest absolute Gasteiger partial charge is 0.141 e. The van der Waals surface area contributed by atoms with Gasteiger partial charge in [-0.05, 0) is 24.1 Å². The Morgan fingerprint density at radius 1 is 1.47 bits per heavy atom. The molecule has 1 saturated heterocycles. The van der Waals surface area contributed by atoms with Crippen LogP contribution in [-0.4, -0.2) is 41.5 Å². The second kappa shape index (κ2) is 6.51. The van der Waals surface area contributed by atoms with Crippen LogP contribution in [0.15, 0.2) is 24.3 Å². The van der Waals surface area contributed by atoms with Gasteiger partial charge in [-0.3, -0.25) is 9.69 Å². The average molecular weight is 282 g/mol. The van der Waals surface area contributed by atoms with Crippen molar-refractivity contribution in [1.29, 1.82) is 0 Å². The number of halogens is 1. The highest BCUT2D eigenvalue weighted by Gasteiger charge is 2.26. The van der Waals surface area contributed by atoms with E-state index in [1.807, 2.05) is 31.2 Å². The van der Waals surface area contributed by atoms with Crippen LogP contribution in [0, 0.1) is 0 Å². The van der Waals surface area contributed by atoms with E-state index in [2.05, 4.69) is 4.90 Å². The number of carbonyl (C=O) groups excluding carboxylic acids is 1. The number of benzene rings is 1. The third-order valence-corrected chi connectivity index (χ3v) is 3.95. The molecule has 2 atom stereocenters. The molecule has 1 aliphatic heterocycles. The monoisotopic (exact) mass is 281 g/mol. The molecule has 0 saturated carbocycles. The van der Waals surface area contributed by atoms with Crippen molar-refractivity contribution in [2.75, 3.05) is 19.6 Å². The van der Waals surface area contributed by atoms with Gasteiger partial charge in [0.2, 0.25) is 0 Å². The first-order chi connectivity index (χ1) is 9.10. The Balaban J connectivity index is 2.11. The second-order valence-corrected chi connectivity index (χ2v) is 5.56. The van der Waals surface area contributed by atoms with Crippen molar-refractivity contribution in [2.45, 2.75) is 31.8 Å². The van der Waals surface area contributed by atoms with Gasteiger partial charge in [0.15, 0.2) is 0 Å². The normalized spacial score (nSPS) is 21.5. The van der Waals surface area contributed by atoms with Crippen LogP contribution in [0.2, 0.25) is 5.02 Å². The third kappa shape index (κ3) is 3.78. The Bertz CT molecular complexity index is 432. The summed E-state index contributed by atoms with van der Waals surface area (Å²) in [4.78, 5) is 14.3. The second-order valence-electron chi connectivity index (χ2n) is 5.13. The molecule has 0 aromatic heterocycles. The van der Waals surface area contributed by atoms with E-state index in [4.69, 9.17) is 11.6 Å². The van der Waals surface area contributed by atoms with Crippen molar-refractivity contribution < 1.29 is 9.90 Å². The fourth-order valence-electron chi connectivity index (χ4n) is 2.57. The number of carbonyl (C=O) groups is 1. The van der Waals surface area contributed by atoms with E-state index >= 15 is 0 Å². The van der Waals surface area contributed by atoms with Crippen LogP contribution in [-0.2, 0) is 4.79 Å². The van der Waals surface area contributed by atoms with Crippen LogP contribution in [0.25, 0.3) is 0 Å². The van der Waals surface area contributed by atoms with Crippen LogP contribution in [0.5, 0.6) is 0 Å². The molecule has 1 aromatic rings. The first kappa shape index (κ1) is 14.5. The van der Waals surface area contributed by atoms with E-state index in [0.29, 0.717) is 24.5 Å². The number of hydrogen-bond acceptors (Lipinski definition) is 3. The van der Waals surface area contributed by atoms with Crippen molar-refractivity contribution in [3.63, 3.8) is 0 Å². The lowest BCUT2D eigenvalue weighted by Gasteiger charge is -2.22. The van der Waals surface area contributed by atoms with E-state index in [0.717, 1.165) is 18.5 Å². The lowest BCUT2D eigenvalue weighted by Crippen LogP contribution is -2.31. The van der Waals surface area contributed by atoms with E-state index in [9.17, 15) is 9.90 Å². The highest BCUT2D eigenvalue weighted by molar-refractivity contribution is 6.30. The van der Waals surface area contributed by atoms with E-state index in [1.165, 1.54) is 0 Å². The summed E-state index contributed by atoms with van der Waals surface area (Å²) in [6.07, 6.45) is 1.08. The minimum Gasteiger partial charge on any atom is -0.392 e. The highest BCUT2D eigenvalue weighted by Crippen LogP contribution is 2.23. The zero-order valence-corrected chi connectivity index (χ0v) is 11.9. The zero-order valence-electron chi connectivity index (χ0n) is 11.2. The molecular weight excluding hydrogens is 262 g/mol. The molecule has 0 aliphatic carbocycles. The molecule has 1 heterocycles. The van der Waals surface area contributed by atoms with Crippen LogP contribution in [0.3, 0.4) is 0 Å². The Kier molecular flexibility index (Phi) is 4.97. The minimum absolute atomic E-state index is 0.118. The molecule has 0 spiro atoms. The summed E-state index contributed by atoms with van der Waals surface area (Å²) in [7, 11) is 0. The average Bonchev–Trinajstić information content (AvgIpc) is 2.82. The molecule has 19 heavy (non-hydrogen) atoms. The summed E-state index contributed by atoms with van der Waals surface area (Å²) in [5.41, 5.74) is 1.01. The number of aliphatic hydroxyl groups excluding tert-OH is 1. The fourth-order valence-corrected chi connectivity index (χ4v) is 2.70. The third-order valence-electron chi connectivity index (χ3n) is 3.70. The topological polar surface area (TPSA) is 40.5 Å². The Hall–Kier alpha value is -0.900. The largest absolute Gasteiger partial charge is 0.392 e. The Morgan fingerprint density at radius 3 is 2.68 bits per heavy atom. The summed E-state index contributed by atoms with van der Waals surface area (Å²) in [5, 5.41) is 10.3. The van der Waals surface area contributed by atoms with Crippen LogP contribution in [0.1, 0.15) is 31.2 Å². The number of aliphatic hydroxyl groups is 1. The van der Waals surface area contributed by atoms with Crippen molar-refractivity contribution in [3.8, 4) is 0 Å². The van der Waals surface area contributed by atoms with E-state index in [1.54, 1.807) is 0 Å². The van der Waals surface area contributed by atoms with Gasteiger partial charge in [-0.2, -0.15) is 0 Å². The van der Waals surface area contributed by atoms with Gasteiger partial charge in [0, 0.05) is 31.1 Å². The number of hydrogen-bond donors (Lipinski definition) is 1. The Labute approximate surface area is 119 Å². The van der Waals surface area contributed by atoms with Crippen molar-refractivity contribution in [1.82, 2.24) is 4.90 Å². The molecule has 0 radical (unpaired) electrons. The molecule has 1 fully saturated rings. The van der Waals surface area contributed by atoms with Crippen molar-refractivity contribution in [2.24, 2.45) is 0 Å². The predicted molar refractivity (Wildman–Crippen MR) is 76.6 cm³/mol. The zero-order chi connectivity index (χ0) is 13.8. The van der Waals surface area contributed by atoms with Crippen molar-refractivity contribution >= 4 is 17.4 Å². The summed E-state index contributed by atoms with van der Waals surface area (Å²) in [6, 6.07) is 7.50. The van der Waals surface area contributed by atoms with Gasteiger partial charge in [-0.15, -0.1) is 0 Å². The van der Waals surface area contributed by atoms with Gasteiger partial charge in [0.05, 0.1) is 12.0 Å². The standard InChI is InChI=1S/C15H20ClNO2/c1-2-15(19)14(10-17-8-7-13(18)9-17)11-3-5-12(16)6-4-11/h3-6,13-14,18H,2,7-10H2,1H3/t13-,14?/m1/s1. The van der Waals surface area contributed by atoms with Crippen LogP contribution in [0.4, 0.5) is 0 Å². The van der Waals surface area contributed by atoms with Gasteiger partial charge in [-0.25, -0.2) is 0 Å². The summed E-state index contributed by atoms with van der Waals surface area (Å²) in [5.74, 6) is 0.122. The lowest BCUT2D eigenvalue weighted by molar-refractivity contribution is -0.120. The first-order valence-corrected chi connectivity index (χ1v) is 7.16. The van der Waals surface area contributed by atoms with Gasteiger partial charge in [-0.1, -0.05) is 30.7 Å². The molecule has 104 valence electrons. The molecule has 1 N–H and O–H groups in total. The molecule has 1 aromatic carbocycles. The van der Waals surface area contributed by atoms with E-state index < -0.39 is 0 Å². The summed E-state index contributed by atoms with van der Waals surface area (Å²) in [6.45, 7) is 4.11. The van der Waals surface area contributed by atoms with Gasteiger partial charge in [0.25, 0.3) is 0 Å². The molecular formula is C15H20ClNO2. The number of rotatable bonds is 5. The molecule has 3 nitrogen and oxygen atoms in total. The molecule has 1 aliphatic rings. The molecule has 1 unspecified atom stereocenters. The minimum atomic E-state index is -0.248. The summed E-state index contributed by atoms with van der Waals surface area (Å²) < 4.78 is 0. The van der Waals surface area contributed by atoms with Crippen molar-refractivity contribution in [3.05, 3.63) is 34.9 Å². The fraction of sp³-hybridized carbons (Fsp3) is 0.533. The molecule has 0 amide bonds. The number of Topliss-reactive ketones (excluding diaryl/α,β-unsaturated/α-hetero) is 1. The van der Waals surface area contributed by atoms with Crippen LogP contribution >= 0.6 is 11.6 Å². The number of β-amino-alcohol motifs (C(OH)–C–C–N with tert-alkyl or cyclic N) is 1. The molecule has 2 rings (SSSR count). The lowest BCUT2D eigenvalue weighted by atomic mass is 9.93.